The molecule has 0 spiro atoms. The second-order valence-electron chi connectivity index (χ2n) is 3.18. The zero-order chi connectivity index (χ0) is 17.9. The standard InChI is InChI=1S/C5H11NO2.C4H12N2O.C2H5NO.CH6N2/c6-2-5-8-4-1-3-7;5-1-3-7-4-2-6;3-1-2-4;2-1-3/h3H,1-2,4-6H2;1-6H2;2H,1,3H2;1-3H2. The minimum absolute atomic E-state index is 0.139. The van der Waals surface area contributed by atoms with E-state index in [9.17, 15) is 4.79 Å². The lowest BCUT2D eigenvalue weighted by molar-refractivity contribution is -0.109. The van der Waals surface area contributed by atoms with E-state index in [1.54, 1.807) is 0 Å². The molecule has 0 aromatic carbocycles. The van der Waals surface area contributed by atoms with Crippen LogP contribution in [0.4, 0.5) is 0 Å². The normalized spacial score (nSPS) is 8.27. The highest BCUT2D eigenvalue weighted by Crippen LogP contribution is 1.74. The van der Waals surface area contributed by atoms with Crippen LogP contribution in [0, 0.1) is 0 Å². The first-order chi connectivity index (χ1) is 10.7. The van der Waals surface area contributed by atoms with E-state index in [0.29, 0.717) is 58.8 Å². The van der Waals surface area contributed by atoms with Gasteiger partial charge in [0.05, 0.1) is 26.4 Å². The number of carbonyl (C=O) groups is 2. The third kappa shape index (κ3) is 75.9. The number of rotatable bonds is 10. The summed E-state index contributed by atoms with van der Waals surface area (Å²) < 4.78 is 9.75. The number of carbonyl (C=O) groups excluding carboxylic acids is 2. The van der Waals surface area contributed by atoms with E-state index in [4.69, 9.17) is 31.5 Å². The van der Waals surface area contributed by atoms with E-state index in [1.807, 2.05) is 0 Å². The molecular formula is C12H34N6O4. The van der Waals surface area contributed by atoms with Crippen molar-refractivity contribution in [3.8, 4) is 0 Å². The molecule has 0 aliphatic heterocycles. The molecule has 0 aliphatic carbocycles. The van der Waals surface area contributed by atoms with E-state index in [-0.39, 0.29) is 13.2 Å². The van der Waals surface area contributed by atoms with Crippen LogP contribution in [0.2, 0.25) is 0 Å². The Bertz CT molecular complexity index is 174. The van der Waals surface area contributed by atoms with Gasteiger partial charge in [-0.3, -0.25) is 0 Å². The highest BCUT2D eigenvalue weighted by atomic mass is 16.5. The Morgan fingerprint density at radius 3 is 1.18 bits per heavy atom. The zero-order valence-electron chi connectivity index (χ0n) is 13.3. The predicted octanol–water partition coefficient (Wildman–Crippen LogP) is -3.52. The number of nitrogens with two attached hydrogens (primary N) is 6. The zero-order valence-corrected chi connectivity index (χ0v) is 13.3. The molecule has 136 valence electrons. The maximum Gasteiger partial charge on any atom is 0.133 e. The molecule has 0 radical (unpaired) electrons. The molecule has 0 aromatic rings. The molecule has 0 fully saturated rings. The van der Waals surface area contributed by atoms with Gasteiger partial charge in [0.15, 0.2) is 0 Å². The minimum Gasteiger partial charge on any atom is -0.380 e. The molecule has 0 unspecified atom stereocenters. The van der Waals surface area contributed by atoms with Crippen molar-refractivity contribution in [3.63, 3.8) is 0 Å². The Morgan fingerprint density at radius 1 is 0.636 bits per heavy atom. The fourth-order valence-corrected chi connectivity index (χ4v) is 0.586. The number of ether oxygens (including phenoxy) is 2. The summed E-state index contributed by atoms with van der Waals surface area (Å²) in [6, 6.07) is 0. The molecule has 0 amide bonds. The highest BCUT2D eigenvalue weighted by Gasteiger charge is 1.82. The number of hydrogen-bond acceptors (Lipinski definition) is 10. The molecule has 10 nitrogen and oxygen atoms in total. The van der Waals surface area contributed by atoms with Gasteiger partial charge in [-0.2, -0.15) is 0 Å². The topological polar surface area (TPSA) is 209 Å². The fraction of sp³-hybridized carbons (Fsp3) is 0.833. The molecule has 0 atom stereocenters. The predicted molar refractivity (Wildman–Crippen MR) is 87.8 cm³/mol. The Morgan fingerprint density at radius 2 is 0.955 bits per heavy atom. The van der Waals surface area contributed by atoms with E-state index in [1.165, 1.54) is 0 Å². The van der Waals surface area contributed by atoms with Crippen molar-refractivity contribution < 1.29 is 19.1 Å². The quantitative estimate of drug-likeness (QED) is 0.132. The molecule has 0 heterocycles. The summed E-state index contributed by atoms with van der Waals surface area (Å²) in [5.41, 5.74) is 29.2. The molecule has 22 heavy (non-hydrogen) atoms. The summed E-state index contributed by atoms with van der Waals surface area (Å²) in [5, 5.41) is 0. The van der Waals surface area contributed by atoms with Crippen LogP contribution in [0.3, 0.4) is 0 Å². The molecule has 0 rings (SSSR count). The Kier molecular flexibility index (Phi) is 56.5. The third-order valence-corrected chi connectivity index (χ3v) is 1.26. The first kappa shape index (κ1) is 29.1. The SMILES string of the molecule is NCC=O.NCCOCCC=O.NCCOCCN.NCN. The lowest BCUT2D eigenvalue weighted by Gasteiger charge is -1.95. The summed E-state index contributed by atoms with van der Waals surface area (Å²) in [4.78, 5) is 18.7. The molecule has 10 heteroatoms. The van der Waals surface area contributed by atoms with Gasteiger partial charge in [-0.1, -0.05) is 0 Å². The van der Waals surface area contributed by atoms with E-state index >= 15 is 0 Å². The Labute approximate surface area is 132 Å². The van der Waals surface area contributed by atoms with Gasteiger partial charge in [-0.05, 0) is 0 Å². The smallest absolute Gasteiger partial charge is 0.133 e. The van der Waals surface area contributed by atoms with Crippen LogP contribution in [-0.2, 0) is 19.1 Å². The average molecular weight is 326 g/mol. The van der Waals surface area contributed by atoms with Gasteiger partial charge in [0.25, 0.3) is 0 Å². The Hall–Kier alpha value is -0.980. The summed E-state index contributed by atoms with van der Waals surface area (Å²) in [6.07, 6.45) is 1.95. The number of hydrogen-bond donors (Lipinski definition) is 6. The van der Waals surface area contributed by atoms with Gasteiger partial charge >= 0.3 is 0 Å². The highest BCUT2D eigenvalue weighted by molar-refractivity contribution is 5.51. The fourth-order valence-electron chi connectivity index (χ4n) is 0.586. The van der Waals surface area contributed by atoms with Gasteiger partial charge in [0.1, 0.15) is 12.6 Å². The molecule has 0 aromatic heterocycles. The largest absolute Gasteiger partial charge is 0.380 e. The number of aldehydes is 2. The summed E-state index contributed by atoms with van der Waals surface area (Å²) in [7, 11) is 0. The first-order valence-electron chi connectivity index (χ1n) is 6.89. The van der Waals surface area contributed by atoms with Crippen molar-refractivity contribution >= 4 is 12.6 Å². The summed E-state index contributed by atoms with van der Waals surface area (Å²) >= 11 is 0. The Balaban J connectivity index is -0.000000105. The first-order valence-corrected chi connectivity index (χ1v) is 6.89. The van der Waals surface area contributed by atoms with E-state index < -0.39 is 0 Å². The average Bonchev–Trinajstić information content (AvgIpc) is 2.54. The van der Waals surface area contributed by atoms with E-state index in [2.05, 4.69) is 17.2 Å². The maximum atomic E-state index is 9.66. The van der Waals surface area contributed by atoms with Crippen LogP contribution in [0.15, 0.2) is 0 Å². The third-order valence-electron chi connectivity index (χ3n) is 1.26. The van der Waals surface area contributed by atoms with Gasteiger partial charge in [-0.15, -0.1) is 0 Å². The molecule has 0 bridgehead atoms. The van der Waals surface area contributed by atoms with Gasteiger partial charge < -0.3 is 53.5 Å². The van der Waals surface area contributed by atoms with Crippen LogP contribution in [0.5, 0.6) is 0 Å². The van der Waals surface area contributed by atoms with Crippen LogP contribution in [0.1, 0.15) is 6.42 Å². The van der Waals surface area contributed by atoms with Gasteiger partial charge in [0.2, 0.25) is 0 Å². The van der Waals surface area contributed by atoms with Crippen molar-refractivity contribution in [1.29, 1.82) is 0 Å². The van der Waals surface area contributed by atoms with Crippen molar-refractivity contribution in [2.75, 3.05) is 59.3 Å². The second-order valence-corrected chi connectivity index (χ2v) is 3.18. The summed E-state index contributed by atoms with van der Waals surface area (Å²) in [5.74, 6) is 0. The van der Waals surface area contributed by atoms with E-state index in [0.717, 1.165) is 6.29 Å². The van der Waals surface area contributed by atoms with Crippen LogP contribution >= 0.6 is 0 Å². The molecule has 12 N–H and O–H groups in total. The monoisotopic (exact) mass is 326 g/mol. The van der Waals surface area contributed by atoms with Crippen molar-refractivity contribution in [3.05, 3.63) is 0 Å². The van der Waals surface area contributed by atoms with Crippen LogP contribution < -0.4 is 34.4 Å². The lowest BCUT2D eigenvalue weighted by atomic mass is 10.5. The molecular weight excluding hydrogens is 292 g/mol. The van der Waals surface area contributed by atoms with Gasteiger partial charge in [-0.25, -0.2) is 0 Å². The molecule has 0 saturated heterocycles. The lowest BCUT2D eigenvalue weighted by Crippen LogP contribution is -2.13. The van der Waals surface area contributed by atoms with Gasteiger partial charge in [0, 0.05) is 39.3 Å². The second kappa shape index (κ2) is 42.7. The van der Waals surface area contributed by atoms with Crippen LogP contribution in [0.25, 0.3) is 0 Å². The molecule has 0 aliphatic rings. The van der Waals surface area contributed by atoms with Crippen LogP contribution in [-0.4, -0.2) is 71.8 Å². The minimum atomic E-state index is 0.139. The molecule has 0 saturated carbocycles. The maximum absolute atomic E-state index is 9.66. The van der Waals surface area contributed by atoms with Crippen molar-refractivity contribution in [1.82, 2.24) is 0 Å². The van der Waals surface area contributed by atoms with Crippen molar-refractivity contribution in [2.24, 2.45) is 34.4 Å². The van der Waals surface area contributed by atoms with Crippen molar-refractivity contribution in [2.45, 2.75) is 6.42 Å². The summed E-state index contributed by atoms with van der Waals surface area (Å²) in [6.45, 7) is 4.38.